The van der Waals surface area contributed by atoms with Crippen molar-refractivity contribution in [2.45, 2.75) is 16.7 Å². The van der Waals surface area contributed by atoms with E-state index in [1.807, 2.05) is 0 Å². The van der Waals surface area contributed by atoms with Crippen LogP contribution in [0.2, 0.25) is 0 Å². The van der Waals surface area contributed by atoms with Crippen LogP contribution < -0.4 is 0 Å². The summed E-state index contributed by atoms with van der Waals surface area (Å²) in [6.45, 7) is 1.52. The molecule has 7 heteroatoms. The maximum absolute atomic E-state index is 14.3. The van der Waals surface area contributed by atoms with Gasteiger partial charge in [0.2, 0.25) is 9.84 Å². The van der Waals surface area contributed by atoms with E-state index in [0.717, 1.165) is 12.3 Å². The van der Waals surface area contributed by atoms with Crippen molar-refractivity contribution in [3.8, 4) is 11.1 Å². The third kappa shape index (κ3) is 3.27. The van der Waals surface area contributed by atoms with Gasteiger partial charge in [-0.25, -0.2) is 21.6 Å². The van der Waals surface area contributed by atoms with Crippen molar-refractivity contribution in [2.24, 2.45) is 0 Å². The van der Waals surface area contributed by atoms with E-state index >= 15 is 0 Å². The highest BCUT2D eigenvalue weighted by atomic mass is 32.2. The molecule has 146 valence electrons. The summed E-state index contributed by atoms with van der Waals surface area (Å²) in [5.74, 6) is -1.77. The molecule has 0 saturated carbocycles. The molecule has 0 fully saturated rings. The second-order valence-corrected chi connectivity index (χ2v) is 8.47. The van der Waals surface area contributed by atoms with Crippen molar-refractivity contribution in [3.63, 3.8) is 0 Å². The summed E-state index contributed by atoms with van der Waals surface area (Å²) in [5, 5.41) is 0.255. The van der Waals surface area contributed by atoms with E-state index in [4.69, 9.17) is 0 Å². The minimum Gasteiger partial charge on any atom is -0.252 e. The van der Waals surface area contributed by atoms with E-state index in [1.54, 1.807) is 6.07 Å². The standard InChI is InChI=1S/C22H14F3NO2S/c1-13-5-10-16(11-19(13)25)29(27,28)20-12-26-22-17(3-2-4-18(22)24)21(20)14-6-8-15(23)9-7-14/h2-12H,1H3. The van der Waals surface area contributed by atoms with E-state index in [0.29, 0.717) is 11.1 Å². The maximum atomic E-state index is 14.3. The highest BCUT2D eigenvalue weighted by Gasteiger charge is 2.26. The first kappa shape index (κ1) is 19.1. The van der Waals surface area contributed by atoms with Crippen molar-refractivity contribution >= 4 is 20.7 Å². The number of benzene rings is 3. The molecule has 0 aliphatic heterocycles. The Morgan fingerprint density at radius 3 is 2.28 bits per heavy atom. The predicted octanol–water partition coefficient (Wildman–Crippen LogP) is 5.46. The Labute approximate surface area is 165 Å². The van der Waals surface area contributed by atoms with Gasteiger partial charge in [-0.05, 0) is 48.4 Å². The molecular weight excluding hydrogens is 399 g/mol. The third-order valence-electron chi connectivity index (χ3n) is 4.69. The minimum atomic E-state index is -4.19. The normalized spacial score (nSPS) is 11.7. The lowest BCUT2D eigenvalue weighted by atomic mass is 10.0. The number of pyridine rings is 1. The first-order valence-corrected chi connectivity index (χ1v) is 10.1. The molecule has 0 N–H and O–H groups in total. The van der Waals surface area contributed by atoms with Gasteiger partial charge >= 0.3 is 0 Å². The topological polar surface area (TPSA) is 47.0 Å². The van der Waals surface area contributed by atoms with Gasteiger partial charge in [0.15, 0.2) is 0 Å². The van der Waals surface area contributed by atoms with Crippen molar-refractivity contribution in [3.05, 3.63) is 89.9 Å². The molecule has 1 heterocycles. The molecule has 0 bridgehead atoms. The highest BCUT2D eigenvalue weighted by molar-refractivity contribution is 7.91. The largest absolute Gasteiger partial charge is 0.252 e. The third-order valence-corrected chi connectivity index (χ3v) is 6.45. The second kappa shape index (κ2) is 7.00. The van der Waals surface area contributed by atoms with E-state index in [2.05, 4.69) is 4.98 Å². The molecule has 0 amide bonds. The summed E-state index contributed by atoms with van der Waals surface area (Å²) in [5.41, 5.74) is 0.841. The molecule has 3 aromatic carbocycles. The van der Waals surface area contributed by atoms with Gasteiger partial charge in [0.1, 0.15) is 23.0 Å². The van der Waals surface area contributed by atoms with Gasteiger partial charge in [0.05, 0.1) is 9.79 Å². The van der Waals surface area contributed by atoms with Crippen LogP contribution in [0.4, 0.5) is 13.2 Å². The average Bonchev–Trinajstić information content (AvgIpc) is 2.70. The minimum absolute atomic E-state index is 0.0131. The first-order chi connectivity index (χ1) is 13.8. The Morgan fingerprint density at radius 2 is 1.59 bits per heavy atom. The fourth-order valence-corrected chi connectivity index (χ4v) is 4.60. The number of halogens is 3. The molecule has 0 unspecified atom stereocenters. The first-order valence-electron chi connectivity index (χ1n) is 8.63. The zero-order valence-corrected chi connectivity index (χ0v) is 16.0. The zero-order valence-electron chi connectivity index (χ0n) is 15.2. The molecule has 1 aromatic heterocycles. The molecule has 0 radical (unpaired) electrons. The molecule has 4 aromatic rings. The molecule has 0 spiro atoms. The van der Waals surface area contributed by atoms with Crippen LogP contribution in [-0.4, -0.2) is 13.4 Å². The van der Waals surface area contributed by atoms with Gasteiger partial charge in [0.25, 0.3) is 0 Å². The summed E-state index contributed by atoms with van der Waals surface area (Å²) in [4.78, 5) is 3.53. The Hall–Kier alpha value is -3.19. The summed E-state index contributed by atoms with van der Waals surface area (Å²) < 4.78 is 68.4. The molecule has 4 rings (SSSR count). The second-order valence-electron chi connectivity index (χ2n) is 6.55. The van der Waals surface area contributed by atoms with Gasteiger partial charge in [-0.2, -0.15) is 0 Å². The van der Waals surface area contributed by atoms with Crippen LogP contribution in [0.5, 0.6) is 0 Å². The zero-order chi connectivity index (χ0) is 20.8. The molecule has 29 heavy (non-hydrogen) atoms. The summed E-state index contributed by atoms with van der Waals surface area (Å²) >= 11 is 0. The van der Waals surface area contributed by atoms with Crippen LogP contribution in [0.25, 0.3) is 22.0 Å². The van der Waals surface area contributed by atoms with Crippen molar-refractivity contribution < 1.29 is 21.6 Å². The number of sulfone groups is 1. The monoisotopic (exact) mass is 413 g/mol. The molecule has 3 nitrogen and oxygen atoms in total. The van der Waals surface area contributed by atoms with E-state index in [1.165, 1.54) is 55.5 Å². The number of aryl methyl sites for hydroxylation is 1. The van der Waals surface area contributed by atoms with Crippen LogP contribution in [0.1, 0.15) is 5.56 Å². The average molecular weight is 413 g/mol. The smallest absolute Gasteiger partial charge is 0.208 e. The van der Waals surface area contributed by atoms with Gasteiger partial charge in [-0.1, -0.05) is 30.3 Å². The Balaban J connectivity index is 2.08. The maximum Gasteiger partial charge on any atom is 0.208 e. The Morgan fingerprint density at radius 1 is 0.862 bits per heavy atom. The molecular formula is C22H14F3NO2S. The van der Waals surface area contributed by atoms with E-state index in [9.17, 15) is 21.6 Å². The highest BCUT2D eigenvalue weighted by Crippen LogP contribution is 2.37. The summed E-state index contributed by atoms with van der Waals surface area (Å²) in [6, 6.07) is 13.0. The number of hydrogen-bond acceptors (Lipinski definition) is 3. The number of aromatic nitrogens is 1. The number of nitrogens with zero attached hydrogens (tertiary/aromatic N) is 1. The fraction of sp³-hybridized carbons (Fsp3) is 0.0455. The fourth-order valence-electron chi connectivity index (χ4n) is 3.15. The molecule has 0 aliphatic rings. The van der Waals surface area contributed by atoms with Gasteiger partial charge in [-0.15, -0.1) is 0 Å². The van der Waals surface area contributed by atoms with Gasteiger partial charge in [-0.3, -0.25) is 4.98 Å². The van der Waals surface area contributed by atoms with Gasteiger partial charge in [0, 0.05) is 17.1 Å². The van der Waals surface area contributed by atoms with E-state index < -0.39 is 27.3 Å². The molecule has 0 atom stereocenters. The van der Waals surface area contributed by atoms with Crippen LogP contribution in [0.15, 0.2) is 76.7 Å². The number of hydrogen-bond donors (Lipinski definition) is 0. The van der Waals surface area contributed by atoms with Crippen LogP contribution in [0, 0.1) is 24.4 Å². The molecule has 0 saturated heterocycles. The van der Waals surface area contributed by atoms with Crippen molar-refractivity contribution in [2.75, 3.05) is 0 Å². The van der Waals surface area contributed by atoms with Gasteiger partial charge < -0.3 is 0 Å². The van der Waals surface area contributed by atoms with Crippen molar-refractivity contribution in [1.29, 1.82) is 0 Å². The van der Waals surface area contributed by atoms with Crippen LogP contribution >= 0.6 is 0 Å². The number of rotatable bonds is 3. The lowest BCUT2D eigenvalue weighted by molar-refractivity contribution is 0.589. The number of fused-ring (bicyclic) bond motifs is 1. The summed E-state index contributed by atoms with van der Waals surface area (Å²) in [6.07, 6.45) is 1.05. The lowest BCUT2D eigenvalue weighted by Crippen LogP contribution is -2.07. The Kier molecular flexibility index (Phi) is 4.62. The quantitative estimate of drug-likeness (QED) is 0.448. The van der Waals surface area contributed by atoms with Crippen LogP contribution in [0.3, 0.4) is 0 Å². The van der Waals surface area contributed by atoms with E-state index in [-0.39, 0.29) is 26.3 Å². The predicted molar refractivity (Wildman–Crippen MR) is 104 cm³/mol. The lowest BCUT2D eigenvalue weighted by Gasteiger charge is -2.14. The Bertz CT molecular complexity index is 1350. The number of para-hydroxylation sites is 1. The molecule has 0 aliphatic carbocycles. The van der Waals surface area contributed by atoms with Crippen molar-refractivity contribution in [1.82, 2.24) is 4.98 Å². The SMILES string of the molecule is Cc1ccc(S(=O)(=O)c2cnc3c(F)cccc3c2-c2ccc(F)cc2)cc1F. The van der Waals surface area contributed by atoms with Crippen LogP contribution in [-0.2, 0) is 9.84 Å². The summed E-state index contributed by atoms with van der Waals surface area (Å²) in [7, 11) is -4.19.